The van der Waals surface area contributed by atoms with Crippen LogP contribution in [0.5, 0.6) is 11.5 Å². The van der Waals surface area contributed by atoms with Gasteiger partial charge in [-0.3, -0.25) is 0 Å². The SMILES string of the molecule is CC(C)(C)c1ccc(OP2OC(=O)c3ccc4ccccc4c3O2)c(C(C)(C)C)c1. The van der Waals surface area contributed by atoms with Crippen LogP contribution < -0.4 is 9.05 Å². The van der Waals surface area contributed by atoms with Crippen molar-refractivity contribution >= 4 is 25.3 Å². The van der Waals surface area contributed by atoms with E-state index in [1.165, 1.54) is 5.56 Å². The van der Waals surface area contributed by atoms with Crippen molar-refractivity contribution in [3.8, 4) is 11.5 Å². The molecular weight excluding hydrogens is 395 g/mol. The highest BCUT2D eigenvalue weighted by Crippen LogP contribution is 2.51. The number of hydrogen-bond acceptors (Lipinski definition) is 4. The highest BCUT2D eigenvalue weighted by molar-refractivity contribution is 7.43. The molecule has 0 radical (unpaired) electrons. The van der Waals surface area contributed by atoms with Gasteiger partial charge >= 0.3 is 14.6 Å². The second-order valence-electron chi connectivity index (χ2n) is 9.66. The number of carbonyl (C=O) groups is 1. The summed E-state index contributed by atoms with van der Waals surface area (Å²) < 4.78 is 17.8. The second kappa shape index (κ2) is 7.28. The molecule has 1 aliphatic heterocycles. The quantitative estimate of drug-likeness (QED) is 0.407. The lowest BCUT2D eigenvalue weighted by molar-refractivity contribution is 0.0698. The van der Waals surface area contributed by atoms with Crippen LogP contribution in [0.15, 0.2) is 54.6 Å². The van der Waals surface area contributed by atoms with E-state index in [9.17, 15) is 4.79 Å². The van der Waals surface area contributed by atoms with E-state index in [0.29, 0.717) is 17.1 Å². The predicted molar refractivity (Wildman–Crippen MR) is 121 cm³/mol. The summed E-state index contributed by atoms with van der Waals surface area (Å²) in [6, 6.07) is 17.7. The molecule has 0 amide bonds. The van der Waals surface area contributed by atoms with Gasteiger partial charge in [-0.1, -0.05) is 84.0 Å². The predicted octanol–water partition coefficient (Wildman–Crippen LogP) is 7.29. The highest BCUT2D eigenvalue weighted by atomic mass is 31.2. The Morgan fingerprint density at radius 1 is 0.833 bits per heavy atom. The molecule has 3 aromatic carbocycles. The van der Waals surface area contributed by atoms with Crippen molar-refractivity contribution in [2.45, 2.75) is 52.4 Å². The summed E-state index contributed by atoms with van der Waals surface area (Å²) in [6.07, 6.45) is 0. The molecule has 0 saturated carbocycles. The lowest BCUT2D eigenvalue weighted by Gasteiger charge is -2.29. The van der Waals surface area contributed by atoms with Gasteiger partial charge in [0.15, 0.2) is 5.75 Å². The molecule has 1 unspecified atom stereocenters. The third kappa shape index (κ3) is 3.89. The Morgan fingerprint density at radius 3 is 2.27 bits per heavy atom. The van der Waals surface area contributed by atoms with Gasteiger partial charge in [-0.2, -0.15) is 0 Å². The van der Waals surface area contributed by atoms with Crippen molar-refractivity contribution in [1.29, 1.82) is 0 Å². The van der Waals surface area contributed by atoms with E-state index in [0.717, 1.165) is 16.3 Å². The summed E-state index contributed by atoms with van der Waals surface area (Å²) in [5, 5.41) is 1.88. The molecule has 5 heteroatoms. The van der Waals surface area contributed by atoms with Gasteiger partial charge in [0.25, 0.3) is 0 Å². The first-order valence-corrected chi connectivity index (χ1v) is 11.2. The summed E-state index contributed by atoms with van der Waals surface area (Å²) in [5.74, 6) is 0.786. The molecule has 0 N–H and O–H groups in total. The van der Waals surface area contributed by atoms with Crippen LogP contribution in [0.4, 0.5) is 0 Å². The van der Waals surface area contributed by atoms with Gasteiger partial charge in [0.05, 0.1) is 0 Å². The Bertz CT molecular complexity index is 1120. The van der Waals surface area contributed by atoms with Crippen LogP contribution in [0.1, 0.15) is 63.0 Å². The Kier molecular flexibility index (Phi) is 5.02. The topological polar surface area (TPSA) is 44.8 Å². The van der Waals surface area contributed by atoms with Crippen LogP contribution >= 0.6 is 8.60 Å². The lowest BCUT2D eigenvalue weighted by atomic mass is 9.80. The minimum atomic E-state index is -1.90. The molecule has 0 saturated heterocycles. The zero-order valence-electron chi connectivity index (χ0n) is 18.3. The standard InChI is InChI=1S/C25H27O4P/c1-24(2,3)17-12-14-21(20(15-17)25(4,5)6)27-30-28-22-18-10-8-7-9-16(18)11-13-19(22)23(26)29-30/h7-15H,1-6H3. The van der Waals surface area contributed by atoms with Crippen LogP contribution in [0.2, 0.25) is 0 Å². The third-order valence-electron chi connectivity index (χ3n) is 5.25. The Labute approximate surface area is 179 Å². The first-order valence-electron chi connectivity index (χ1n) is 10.1. The number of rotatable bonds is 2. The molecule has 156 valence electrons. The lowest BCUT2D eigenvalue weighted by Crippen LogP contribution is -2.19. The summed E-state index contributed by atoms with van der Waals surface area (Å²) in [6.45, 7) is 13.0. The molecule has 1 heterocycles. The minimum Gasteiger partial charge on any atom is -0.408 e. The van der Waals surface area contributed by atoms with E-state index in [-0.39, 0.29) is 10.8 Å². The van der Waals surface area contributed by atoms with Crippen molar-refractivity contribution in [2.75, 3.05) is 0 Å². The molecule has 4 rings (SSSR count). The van der Waals surface area contributed by atoms with E-state index < -0.39 is 14.6 Å². The monoisotopic (exact) mass is 422 g/mol. The molecule has 3 aromatic rings. The molecule has 0 aromatic heterocycles. The van der Waals surface area contributed by atoms with E-state index in [1.54, 1.807) is 6.07 Å². The zero-order valence-corrected chi connectivity index (χ0v) is 19.2. The summed E-state index contributed by atoms with van der Waals surface area (Å²) in [4.78, 5) is 12.6. The molecular formula is C25H27O4P. The minimum absolute atomic E-state index is 0.0233. The van der Waals surface area contributed by atoms with Crippen molar-refractivity contribution in [3.05, 3.63) is 71.3 Å². The molecule has 0 spiro atoms. The number of hydrogen-bond donors (Lipinski definition) is 0. The normalized spacial score (nSPS) is 16.6. The molecule has 1 atom stereocenters. The average molecular weight is 422 g/mol. The van der Waals surface area contributed by atoms with Gasteiger partial charge in [-0.05, 0) is 33.9 Å². The summed E-state index contributed by atoms with van der Waals surface area (Å²) >= 11 is 0. The maximum absolute atomic E-state index is 12.6. The first-order chi connectivity index (χ1) is 14.0. The molecule has 4 nitrogen and oxygen atoms in total. The molecule has 0 aliphatic carbocycles. The fourth-order valence-corrected chi connectivity index (χ4v) is 4.50. The van der Waals surface area contributed by atoms with Gasteiger partial charge < -0.3 is 13.6 Å². The number of carbonyl (C=O) groups excluding carboxylic acids is 1. The fourth-order valence-electron chi connectivity index (χ4n) is 3.49. The van der Waals surface area contributed by atoms with Crippen molar-refractivity contribution in [1.82, 2.24) is 0 Å². The molecule has 0 fully saturated rings. The highest BCUT2D eigenvalue weighted by Gasteiger charge is 2.35. The summed E-state index contributed by atoms with van der Waals surface area (Å²) in [7, 11) is -1.90. The van der Waals surface area contributed by atoms with E-state index >= 15 is 0 Å². The smallest absolute Gasteiger partial charge is 0.408 e. The Morgan fingerprint density at radius 2 is 1.57 bits per heavy atom. The Balaban J connectivity index is 1.71. The average Bonchev–Trinajstić information content (AvgIpc) is 2.66. The zero-order chi connectivity index (χ0) is 21.7. The van der Waals surface area contributed by atoms with Crippen LogP contribution in [0, 0.1) is 0 Å². The van der Waals surface area contributed by atoms with E-state index in [2.05, 4.69) is 53.7 Å². The van der Waals surface area contributed by atoms with Gasteiger partial charge in [-0.15, -0.1) is 0 Å². The van der Waals surface area contributed by atoms with Crippen molar-refractivity contribution in [3.63, 3.8) is 0 Å². The van der Waals surface area contributed by atoms with Crippen LogP contribution in [0.25, 0.3) is 10.8 Å². The maximum atomic E-state index is 12.6. The van der Waals surface area contributed by atoms with Gasteiger partial charge in [-0.25, -0.2) is 4.79 Å². The van der Waals surface area contributed by atoms with Crippen LogP contribution in [0.3, 0.4) is 0 Å². The number of benzene rings is 3. The Hall–Kier alpha value is -2.58. The van der Waals surface area contributed by atoms with E-state index in [4.69, 9.17) is 13.6 Å². The molecule has 0 bridgehead atoms. The van der Waals surface area contributed by atoms with Crippen LogP contribution in [-0.4, -0.2) is 5.97 Å². The van der Waals surface area contributed by atoms with Gasteiger partial charge in [0, 0.05) is 10.9 Å². The second-order valence-corrected chi connectivity index (χ2v) is 10.7. The number of fused-ring (bicyclic) bond motifs is 3. The van der Waals surface area contributed by atoms with Crippen molar-refractivity contribution < 1.29 is 18.4 Å². The third-order valence-corrected chi connectivity index (χ3v) is 6.24. The van der Waals surface area contributed by atoms with Gasteiger partial charge in [0.1, 0.15) is 11.3 Å². The first kappa shape index (κ1) is 20.7. The molecule has 30 heavy (non-hydrogen) atoms. The van der Waals surface area contributed by atoms with Crippen LogP contribution in [-0.2, 0) is 15.4 Å². The fraction of sp³-hybridized carbons (Fsp3) is 0.320. The van der Waals surface area contributed by atoms with Gasteiger partial charge in [0.2, 0.25) is 0 Å². The summed E-state index contributed by atoms with van der Waals surface area (Å²) in [5.41, 5.74) is 2.59. The largest absolute Gasteiger partial charge is 0.532 e. The van der Waals surface area contributed by atoms with E-state index in [1.807, 2.05) is 36.4 Å². The molecule has 1 aliphatic rings. The maximum Gasteiger partial charge on any atom is 0.532 e. The van der Waals surface area contributed by atoms with Crippen molar-refractivity contribution in [2.24, 2.45) is 0 Å².